The van der Waals surface area contributed by atoms with Crippen LogP contribution in [-0.2, 0) is 9.53 Å². The number of rotatable bonds is 4. The molecule has 162 valence electrons. The minimum Gasteiger partial charge on any atom is -0.427 e. The summed E-state index contributed by atoms with van der Waals surface area (Å²) in [6.45, 7) is 4.78. The molecule has 2 heteroatoms. The molecule has 0 aliphatic heterocycles. The molecule has 0 saturated heterocycles. The van der Waals surface area contributed by atoms with E-state index < -0.39 is 0 Å². The second-order valence-electron chi connectivity index (χ2n) is 10.9. The van der Waals surface area contributed by atoms with Gasteiger partial charge in [0, 0.05) is 0 Å². The van der Waals surface area contributed by atoms with Gasteiger partial charge in [0.1, 0.15) is 5.76 Å². The van der Waals surface area contributed by atoms with E-state index in [4.69, 9.17) is 4.74 Å². The third-order valence-electron chi connectivity index (χ3n) is 8.82. The lowest BCUT2D eigenvalue weighted by Gasteiger charge is -2.36. The van der Waals surface area contributed by atoms with Crippen molar-refractivity contribution in [2.45, 2.75) is 97.3 Å². The molecule has 0 bridgehead atoms. The molecule has 1 atom stereocenters. The van der Waals surface area contributed by atoms with Gasteiger partial charge in [-0.05, 0) is 105 Å². The topological polar surface area (TPSA) is 26.3 Å². The van der Waals surface area contributed by atoms with Crippen LogP contribution in [0.25, 0.3) is 0 Å². The molecule has 0 N–H and O–H groups in total. The van der Waals surface area contributed by atoms with Crippen LogP contribution in [0.1, 0.15) is 97.3 Å². The summed E-state index contributed by atoms with van der Waals surface area (Å²) in [5.41, 5.74) is 0. The van der Waals surface area contributed by atoms with Gasteiger partial charge < -0.3 is 4.74 Å². The van der Waals surface area contributed by atoms with Crippen LogP contribution in [0.2, 0.25) is 0 Å². The Hall–Kier alpha value is -1.05. The van der Waals surface area contributed by atoms with Crippen molar-refractivity contribution in [2.75, 3.05) is 0 Å². The minimum atomic E-state index is 0.0292. The number of esters is 1. The van der Waals surface area contributed by atoms with Gasteiger partial charge in [0.2, 0.25) is 0 Å². The predicted octanol–water partition coefficient (Wildman–Crippen LogP) is 7.45. The normalized spacial score (nSPS) is 40.9. The van der Waals surface area contributed by atoms with Crippen LogP contribution in [0.15, 0.2) is 24.0 Å². The molecule has 2 nitrogen and oxygen atoms in total. The smallest absolute Gasteiger partial charge is 0.314 e. The van der Waals surface area contributed by atoms with Gasteiger partial charge >= 0.3 is 5.97 Å². The van der Waals surface area contributed by atoms with Crippen molar-refractivity contribution >= 4 is 5.97 Å². The van der Waals surface area contributed by atoms with Crippen molar-refractivity contribution in [3.8, 4) is 0 Å². The summed E-state index contributed by atoms with van der Waals surface area (Å²) in [6.07, 6.45) is 23.3. The van der Waals surface area contributed by atoms with Crippen molar-refractivity contribution < 1.29 is 9.53 Å². The van der Waals surface area contributed by atoms with Gasteiger partial charge in [0.05, 0.1) is 5.92 Å². The van der Waals surface area contributed by atoms with Crippen molar-refractivity contribution in [2.24, 2.45) is 41.4 Å². The average Bonchev–Trinajstić information content (AvgIpc) is 2.76. The highest BCUT2D eigenvalue weighted by molar-refractivity contribution is 5.74. The molecule has 3 fully saturated rings. The van der Waals surface area contributed by atoms with Gasteiger partial charge in [0.25, 0.3) is 0 Å². The van der Waals surface area contributed by atoms with E-state index in [1.54, 1.807) is 0 Å². The molecule has 0 heterocycles. The van der Waals surface area contributed by atoms with Crippen LogP contribution in [0, 0.1) is 41.4 Å². The number of carbonyl (C=O) groups excluding carboxylic acids is 1. The molecule has 29 heavy (non-hydrogen) atoms. The zero-order valence-electron chi connectivity index (χ0n) is 18.8. The van der Waals surface area contributed by atoms with Crippen molar-refractivity contribution in [3.05, 3.63) is 24.0 Å². The Balaban J connectivity index is 1.19. The van der Waals surface area contributed by atoms with Crippen molar-refractivity contribution in [1.29, 1.82) is 0 Å². The summed E-state index contributed by atoms with van der Waals surface area (Å²) in [5.74, 6) is 6.05. The number of ether oxygens (including phenoxy) is 1. The molecule has 0 aromatic heterocycles. The Morgan fingerprint density at radius 3 is 1.79 bits per heavy atom. The van der Waals surface area contributed by atoms with E-state index in [-0.39, 0.29) is 11.9 Å². The number of carbonyl (C=O) groups is 1. The van der Waals surface area contributed by atoms with Crippen LogP contribution >= 0.6 is 0 Å². The molecule has 0 amide bonds. The third-order valence-corrected chi connectivity index (χ3v) is 8.82. The standard InChI is InChI=1S/C27H42O2/c1-19-3-7-21(8-4-19)23-11-13-25(14-12-23)27(28)29-26-17-15-24(16-18-26)22-9-5-20(2)6-10-22/h15,17-25H,3-14,16H2,1-2H3. The first-order valence-corrected chi connectivity index (χ1v) is 12.7. The van der Waals surface area contributed by atoms with E-state index in [0.717, 1.165) is 54.6 Å². The molecule has 0 aromatic carbocycles. The van der Waals surface area contributed by atoms with Crippen LogP contribution < -0.4 is 0 Å². The van der Waals surface area contributed by atoms with Gasteiger partial charge in [-0.15, -0.1) is 0 Å². The maximum atomic E-state index is 12.7. The molecular weight excluding hydrogens is 356 g/mol. The predicted molar refractivity (Wildman–Crippen MR) is 119 cm³/mol. The highest BCUT2D eigenvalue weighted by atomic mass is 16.5. The van der Waals surface area contributed by atoms with Crippen molar-refractivity contribution in [1.82, 2.24) is 0 Å². The van der Waals surface area contributed by atoms with Crippen LogP contribution in [-0.4, -0.2) is 5.97 Å². The highest BCUT2D eigenvalue weighted by Gasteiger charge is 2.33. The minimum absolute atomic E-state index is 0.0292. The fourth-order valence-corrected chi connectivity index (χ4v) is 6.54. The zero-order valence-corrected chi connectivity index (χ0v) is 18.8. The molecule has 0 spiro atoms. The quantitative estimate of drug-likeness (QED) is 0.460. The first-order chi connectivity index (χ1) is 14.1. The largest absolute Gasteiger partial charge is 0.427 e. The molecule has 4 aliphatic rings. The zero-order chi connectivity index (χ0) is 20.2. The summed E-state index contributed by atoms with van der Waals surface area (Å²) in [4.78, 5) is 12.7. The van der Waals surface area contributed by atoms with E-state index in [0.29, 0.717) is 5.92 Å². The fraction of sp³-hybridized carbons (Fsp3) is 0.815. The van der Waals surface area contributed by atoms with Gasteiger partial charge in [-0.3, -0.25) is 4.79 Å². The lowest BCUT2D eigenvalue weighted by Crippen LogP contribution is -2.29. The van der Waals surface area contributed by atoms with Crippen LogP contribution in [0.4, 0.5) is 0 Å². The summed E-state index contributed by atoms with van der Waals surface area (Å²) in [6, 6.07) is 0. The Morgan fingerprint density at radius 1 is 0.759 bits per heavy atom. The Labute approximate surface area is 178 Å². The Kier molecular flexibility index (Phi) is 7.19. The Bertz CT molecular complexity index is 594. The lowest BCUT2D eigenvalue weighted by atomic mass is 9.69. The monoisotopic (exact) mass is 398 g/mol. The van der Waals surface area contributed by atoms with Crippen molar-refractivity contribution in [3.63, 3.8) is 0 Å². The van der Waals surface area contributed by atoms with Gasteiger partial charge in [0.15, 0.2) is 0 Å². The highest BCUT2D eigenvalue weighted by Crippen LogP contribution is 2.42. The Morgan fingerprint density at radius 2 is 1.28 bits per heavy atom. The number of hydrogen-bond acceptors (Lipinski definition) is 2. The molecule has 0 aromatic rings. The van der Waals surface area contributed by atoms with E-state index in [2.05, 4.69) is 32.1 Å². The fourth-order valence-electron chi connectivity index (χ4n) is 6.54. The maximum Gasteiger partial charge on any atom is 0.314 e. The third kappa shape index (κ3) is 5.56. The van der Waals surface area contributed by atoms with Crippen LogP contribution in [0.3, 0.4) is 0 Å². The van der Waals surface area contributed by atoms with Gasteiger partial charge in [-0.1, -0.05) is 45.6 Å². The summed E-state index contributed by atoms with van der Waals surface area (Å²) >= 11 is 0. The van der Waals surface area contributed by atoms with Gasteiger partial charge in [-0.25, -0.2) is 0 Å². The first kappa shape index (κ1) is 21.2. The van der Waals surface area contributed by atoms with E-state index in [1.165, 1.54) is 64.2 Å². The molecule has 4 aliphatic carbocycles. The van der Waals surface area contributed by atoms with Crippen LogP contribution in [0.5, 0.6) is 0 Å². The summed E-state index contributed by atoms with van der Waals surface area (Å²) < 4.78 is 5.81. The second-order valence-corrected chi connectivity index (χ2v) is 10.9. The molecule has 1 unspecified atom stereocenters. The number of hydrogen-bond donors (Lipinski definition) is 0. The molecular formula is C27H42O2. The maximum absolute atomic E-state index is 12.7. The molecule has 4 rings (SSSR count). The lowest BCUT2D eigenvalue weighted by molar-refractivity contribution is -0.145. The average molecular weight is 399 g/mol. The van der Waals surface area contributed by atoms with E-state index in [9.17, 15) is 4.79 Å². The molecule has 0 radical (unpaired) electrons. The SMILES string of the molecule is CC1CCC(C2C=CC(OC(=O)C3CCC(C4CCC(C)CC4)CC3)=CC2)CC1. The van der Waals surface area contributed by atoms with E-state index >= 15 is 0 Å². The first-order valence-electron chi connectivity index (χ1n) is 12.7. The summed E-state index contributed by atoms with van der Waals surface area (Å²) in [7, 11) is 0. The van der Waals surface area contributed by atoms with E-state index in [1.807, 2.05) is 0 Å². The molecule has 3 saturated carbocycles. The summed E-state index contributed by atoms with van der Waals surface area (Å²) in [5, 5.41) is 0. The van der Waals surface area contributed by atoms with Gasteiger partial charge in [-0.2, -0.15) is 0 Å². The second kappa shape index (κ2) is 9.84. The number of allylic oxidation sites excluding steroid dienone is 3.